The van der Waals surface area contributed by atoms with E-state index in [-0.39, 0.29) is 12.3 Å². The number of aryl methyl sites for hydroxylation is 2. The molecular formula is C14H20O3. The van der Waals surface area contributed by atoms with Crippen LogP contribution >= 0.6 is 0 Å². The largest absolute Gasteiger partial charge is 0.496 e. The van der Waals surface area contributed by atoms with Gasteiger partial charge in [0.1, 0.15) is 5.75 Å². The first-order valence-corrected chi connectivity index (χ1v) is 5.88. The van der Waals surface area contributed by atoms with Crippen molar-refractivity contribution in [3.05, 3.63) is 29.3 Å². The van der Waals surface area contributed by atoms with Crippen molar-refractivity contribution in [2.24, 2.45) is 5.92 Å². The van der Waals surface area contributed by atoms with E-state index >= 15 is 0 Å². The standard InChI is InChI=1S/C14H20O3/c1-10(8-14(15)16)4-5-12-6-7-13(17-3)11(2)9-12/h6-7,9-10H,4-5,8H2,1-3H3,(H,15,16). The predicted molar refractivity (Wildman–Crippen MR) is 67.5 cm³/mol. The summed E-state index contributed by atoms with van der Waals surface area (Å²) in [5.41, 5.74) is 2.36. The fraction of sp³-hybridized carbons (Fsp3) is 0.500. The normalized spacial score (nSPS) is 12.2. The third kappa shape index (κ3) is 4.47. The maximum Gasteiger partial charge on any atom is 0.303 e. The van der Waals surface area contributed by atoms with Gasteiger partial charge in [0, 0.05) is 6.42 Å². The molecule has 0 saturated heterocycles. The molecule has 0 aromatic heterocycles. The van der Waals surface area contributed by atoms with Crippen LogP contribution in [0.3, 0.4) is 0 Å². The summed E-state index contributed by atoms with van der Waals surface area (Å²) < 4.78 is 5.20. The molecule has 0 aliphatic heterocycles. The minimum absolute atomic E-state index is 0.218. The molecule has 1 atom stereocenters. The molecule has 0 aliphatic carbocycles. The second kappa shape index (κ2) is 6.28. The minimum Gasteiger partial charge on any atom is -0.496 e. The molecule has 1 unspecified atom stereocenters. The quantitative estimate of drug-likeness (QED) is 0.825. The molecule has 0 fully saturated rings. The first-order valence-electron chi connectivity index (χ1n) is 5.88. The number of aliphatic carboxylic acids is 1. The van der Waals surface area contributed by atoms with E-state index in [2.05, 4.69) is 6.07 Å². The Balaban J connectivity index is 2.52. The van der Waals surface area contributed by atoms with Crippen molar-refractivity contribution in [3.63, 3.8) is 0 Å². The van der Waals surface area contributed by atoms with Crippen molar-refractivity contribution < 1.29 is 14.6 Å². The van der Waals surface area contributed by atoms with Crippen LogP contribution in [-0.4, -0.2) is 18.2 Å². The molecular weight excluding hydrogens is 216 g/mol. The lowest BCUT2D eigenvalue weighted by Gasteiger charge is -2.10. The second-order valence-corrected chi connectivity index (χ2v) is 4.55. The van der Waals surface area contributed by atoms with Gasteiger partial charge in [-0.1, -0.05) is 19.1 Å². The van der Waals surface area contributed by atoms with Crippen molar-refractivity contribution in [2.45, 2.75) is 33.1 Å². The highest BCUT2D eigenvalue weighted by atomic mass is 16.5. The van der Waals surface area contributed by atoms with Crippen LogP contribution in [0.5, 0.6) is 5.75 Å². The van der Waals surface area contributed by atoms with Crippen molar-refractivity contribution in [3.8, 4) is 5.75 Å². The van der Waals surface area contributed by atoms with E-state index in [1.54, 1.807) is 7.11 Å². The summed E-state index contributed by atoms with van der Waals surface area (Å²) in [7, 11) is 1.66. The first kappa shape index (κ1) is 13.6. The highest BCUT2D eigenvalue weighted by Gasteiger charge is 2.08. The zero-order valence-electron chi connectivity index (χ0n) is 10.7. The molecule has 0 aliphatic rings. The summed E-state index contributed by atoms with van der Waals surface area (Å²) >= 11 is 0. The van der Waals surface area contributed by atoms with Crippen molar-refractivity contribution in [1.29, 1.82) is 0 Å². The number of carbonyl (C=O) groups is 1. The Morgan fingerprint density at radius 2 is 2.18 bits per heavy atom. The second-order valence-electron chi connectivity index (χ2n) is 4.55. The van der Waals surface area contributed by atoms with Crippen molar-refractivity contribution >= 4 is 5.97 Å². The van der Waals surface area contributed by atoms with E-state index in [1.807, 2.05) is 26.0 Å². The fourth-order valence-corrected chi connectivity index (χ4v) is 1.91. The molecule has 3 nitrogen and oxygen atoms in total. The van der Waals surface area contributed by atoms with Gasteiger partial charge in [0.25, 0.3) is 0 Å². The Morgan fingerprint density at radius 3 is 2.71 bits per heavy atom. The van der Waals surface area contributed by atoms with Gasteiger partial charge < -0.3 is 9.84 Å². The van der Waals surface area contributed by atoms with E-state index in [0.717, 1.165) is 24.2 Å². The summed E-state index contributed by atoms with van der Waals surface area (Å²) in [5, 5.41) is 8.68. The van der Waals surface area contributed by atoms with E-state index in [4.69, 9.17) is 9.84 Å². The predicted octanol–water partition coefficient (Wildman–Crippen LogP) is 3.05. The lowest BCUT2D eigenvalue weighted by molar-refractivity contribution is -0.138. The lowest BCUT2D eigenvalue weighted by atomic mass is 9.97. The van der Waals surface area contributed by atoms with Crippen LogP contribution in [0, 0.1) is 12.8 Å². The first-order chi connectivity index (χ1) is 8.02. The minimum atomic E-state index is -0.719. The Bertz CT molecular complexity index is 385. The summed E-state index contributed by atoms with van der Waals surface area (Å²) in [6, 6.07) is 6.11. The average Bonchev–Trinajstić information content (AvgIpc) is 2.25. The van der Waals surface area contributed by atoms with E-state index in [1.165, 1.54) is 5.56 Å². The lowest BCUT2D eigenvalue weighted by Crippen LogP contribution is -2.05. The zero-order valence-corrected chi connectivity index (χ0v) is 10.7. The Hall–Kier alpha value is -1.51. The number of hydrogen-bond donors (Lipinski definition) is 1. The fourth-order valence-electron chi connectivity index (χ4n) is 1.91. The van der Waals surface area contributed by atoms with Crippen LogP contribution in [0.2, 0.25) is 0 Å². The highest BCUT2D eigenvalue weighted by molar-refractivity contribution is 5.66. The van der Waals surface area contributed by atoms with Crippen LogP contribution in [0.4, 0.5) is 0 Å². The molecule has 17 heavy (non-hydrogen) atoms. The molecule has 0 amide bonds. The monoisotopic (exact) mass is 236 g/mol. The molecule has 0 spiro atoms. The summed E-state index contributed by atoms with van der Waals surface area (Å²) in [6.45, 7) is 3.99. The van der Waals surface area contributed by atoms with E-state index in [0.29, 0.717) is 0 Å². The topological polar surface area (TPSA) is 46.5 Å². The summed E-state index contributed by atoms with van der Waals surface area (Å²) in [4.78, 5) is 10.5. The summed E-state index contributed by atoms with van der Waals surface area (Å²) in [5.74, 6) is 0.394. The Morgan fingerprint density at radius 1 is 1.47 bits per heavy atom. The third-order valence-corrected chi connectivity index (χ3v) is 2.91. The maximum absolute atomic E-state index is 10.5. The molecule has 0 heterocycles. The van der Waals surface area contributed by atoms with Crippen LogP contribution in [-0.2, 0) is 11.2 Å². The molecule has 1 N–H and O–H groups in total. The van der Waals surface area contributed by atoms with Crippen LogP contribution in [0.25, 0.3) is 0 Å². The molecule has 1 aromatic rings. The summed E-state index contributed by atoms with van der Waals surface area (Å²) in [6.07, 6.45) is 2.06. The number of hydrogen-bond acceptors (Lipinski definition) is 2. The molecule has 3 heteroatoms. The zero-order chi connectivity index (χ0) is 12.8. The number of methoxy groups -OCH3 is 1. The number of ether oxygens (including phenoxy) is 1. The smallest absolute Gasteiger partial charge is 0.303 e. The molecule has 0 bridgehead atoms. The molecule has 0 saturated carbocycles. The third-order valence-electron chi connectivity index (χ3n) is 2.91. The number of carboxylic acids is 1. The van der Waals surface area contributed by atoms with Gasteiger partial charge in [0.05, 0.1) is 7.11 Å². The van der Waals surface area contributed by atoms with E-state index < -0.39 is 5.97 Å². The Kier molecular flexibility index (Phi) is 5.01. The number of benzene rings is 1. The molecule has 1 aromatic carbocycles. The van der Waals surface area contributed by atoms with Gasteiger partial charge in [-0.15, -0.1) is 0 Å². The molecule has 1 rings (SSSR count). The van der Waals surface area contributed by atoms with E-state index in [9.17, 15) is 4.79 Å². The van der Waals surface area contributed by atoms with Gasteiger partial charge in [0.15, 0.2) is 0 Å². The molecule has 0 radical (unpaired) electrons. The van der Waals surface area contributed by atoms with Crippen LogP contribution in [0.15, 0.2) is 18.2 Å². The van der Waals surface area contributed by atoms with Gasteiger partial charge in [-0.05, 0) is 42.9 Å². The van der Waals surface area contributed by atoms with Crippen molar-refractivity contribution in [1.82, 2.24) is 0 Å². The van der Waals surface area contributed by atoms with Crippen LogP contribution in [0.1, 0.15) is 30.9 Å². The van der Waals surface area contributed by atoms with Gasteiger partial charge >= 0.3 is 5.97 Å². The van der Waals surface area contributed by atoms with Gasteiger partial charge in [-0.25, -0.2) is 0 Å². The van der Waals surface area contributed by atoms with Gasteiger partial charge in [0.2, 0.25) is 0 Å². The highest BCUT2D eigenvalue weighted by Crippen LogP contribution is 2.20. The van der Waals surface area contributed by atoms with Gasteiger partial charge in [-0.2, -0.15) is 0 Å². The SMILES string of the molecule is COc1ccc(CCC(C)CC(=O)O)cc1C. The maximum atomic E-state index is 10.5. The number of carboxylic acid groups (broad SMARTS) is 1. The van der Waals surface area contributed by atoms with Crippen LogP contribution < -0.4 is 4.74 Å². The van der Waals surface area contributed by atoms with Crippen molar-refractivity contribution in [2.75, 3.05) is 7.11 Å². The van der Waals surface area contributed by atoms with Gasteiger partial charge in [-0.3, -0.25) is 4.79 Å². The Labute approximate surface area is 102 Å². The number of rotatable bonds is 6. The average molecular weight is 236 g/mol. The molecule has 94 valence electrons.